The van der Waals surface area contributed by atoms with Crippen molar-refractivity contribution in [2.45, 2.75) is 23.9 Å². The van der Waals surface area contributed by atoms with Crippen LogP contribution in [0.1, 0.15) is 21.6 Å². The van der Waals surface area contributed by atoms with Gasteiger partial charge in [-0.2, -0.15) is 13.2 Å². The first-order valence-electron chi connectivity index (χ1n) is 10.6. The van der Waals surface area contributed by atoms with Crippen LogP contribution in [0.5, 0.6) is 5.88 Å². The summed E-state index contributed by atoms with van der Waals surface area (Å²) in [4.78, 5) is 29.5. The van der Waals surface area contributed by atoms with Crippen LogP contribution in [0.3, 0.4) is 0 Å². The van der Waals surface area contributed by atoms with Crippen LogP contribution in [0, 0.1) is 6.92 Å². The molecule has 8 nitrogen and oxygen atoms in total. The number of imidazole rings is 1. The van der Waals surface area contributed by atoms with Crippen LogP contribution in [0.15, 0.2) is 82.7 Å². The Hall–Kier alpha value is -4.19. The fourth-order valence-corrected chi connectivity index (χ4v) is 4.02. The number of carbonyl (C=O) groups is 1. The van der Waals surface area contributed by atoms with E-state index >= 15 is 0 Å². The van der Waals surface area contributed by atoms with E-state index in [0.29, 0.717) is 16.8 Å². The molecule has 12 heteroatoms. The van der Waals surface area contributed by atoms with Gasteiger partial charge >= 0.3 is 11.2 Å². The van der Waals surface area contributed by atoms with E-state index in [0.717, 1.165) is 4.57 Å². The smallest absolute Gasteiger partial charge is 0.446 e. The summed E-state index contributed by atoms with van der Waals surface area (Å²) in [6.45, 7) is 1.58. The minimum absolute atomic E-state index is 0.0271. The highest BCUT2D eigenvalue weighted by molar-refractivity contribution is 8.00. The van der Waals surface area contributed by atoms with E-state index in [1.54, 1.807) is 43.3 Å². The maximum Gasteiger partial charge on any atom is 0.446 e. The van der Waals surface area contributed by atoms with E-state index in [1.807, 2.05) is 0 Å². The number of aromatic nitrogens is 3. The van der Waals surface area contributed by atoms with Crippen molar-refractivity contribution in [2.75, 3.05) is 5.43 Å². The third-order valence-electron chi connectivity index (χ3n) is 5.28. The molecule has 0 saturated heterocycles. The number of nitrogens with zero attached hydrogens (tertiary/aromatic N) is 3. The Morgan fingerprint density at radius 1 is 1.08 bits per heavy atom. The quantitative estimate of drug-likeness (QED) is 0.248. The first kappa shape index (κ1) is 24.9. The van der Waals surface area contributed by atoms with Crippen molar-refractivity contribution in [1.82, 2.24) is 19.5 Å². The summed E-state index contributed by atoms with van der Waals surface area (Å²) in [5, 5.41) is 10.6. The summed E-state index contributed by atoms with van der Waals surface area (Å²) in [5.41, 5.74) is 2.32. The molecule has 2 aromatic carbocycles. The van der Waals surface area contributed by atoms with Crippen molar-refractivity contribution in [2.24, 2.45) is 0 Å². The number of carbonyl (C=O) groups excluding carboxylic acids is 1. The maximum absolute atomic E-state index is 13.2. The van der Waals surface area contributed by atoms with Gasteiger partial charge in [-0.05, 0) is 61.2 Å². The number of rotatable bonds is 7. The Labute approximate surface area is 207 Å². The molecule has 0 spiro atoms. The zero-order chi connectivity index (χ0) is 25.9. The molecule has 4 aromatic rings. The lowest BCUT2D eigenvalue weighted by molar-refractivity contribution is -0.0328. The maximum atomic E-state index is 13.2. The molecule has 0 aliphatic carbocycles. The largest absolute Gasteiger partial charge is 0.493 e. The van der Waals surface area contributed by atoms with E-state index in [4.69, 9.17) is 0 Å². The minimum atomic E-state index is -4.43. The van der Waals surface area contributed by atoms with Crippen LogP contribution < -0.4 is 16.5 Å². The van der Waals surface area contributed by atoms with Crippen LogP contribution in [0.25, 0.3) is 5.69 Å². The molecule has 0 aliphatic rings. The monoisotopic (exact) mass is 515 g/mol. The van der Waals surface area contributed by atoms with Crippen molar-refractivity contribution in [1.29, 1.82) is 0 Å². The number of benzene rings is 2. The van der Waals surface area contributed by atoms with Crippen molar-refractivity contribution in [3.05, 3.63) is 100 Å². The van der Waals surface area contributed by atoms with Gasteiger partial charge in [-0.15, -0.1) is 0 Å². The fourth-order valence-electron chi connectivity index (χ4n) is 3.48. The average molecular weight is 516 g/mol. The number of hydrazine groups is 1. The summed E-state index contributed by atoms with van der Waals surface area (Å²) >= 11 is -0.268. The van der Waals surface area contributed by atoms with Crippen LogP contribution in [-0.2, 0) is 6.54 Å². The molecule has 0 bridgehead atoms. The van der Waals surface area contributed by atoms with Crippen molar-refractivity contribution < 1.29 is 23.1 Å². The Morgan fingerprint density at radius 3 is 2.44 bits per heavy atom. The summed E-state index contributed by atoms with van der Waals surface area (Å²) in [5.74, 6) is -0.702. The second-order valence-electron chi connectivity index (χ2n) is 7.63. The molecule has 2 heterocycles. The van der Waals surface area contributed by atoms with Gasteiger partial charge in [-0.25, -0.2) is 9.36 Å². The van der Waals surface area contributed by atoms with Gasteiger partial charge in [-0.3, -0.25) is 25.2 Å². The number of thioether (sulfide) groups is 1. The molecular weight excluding hydrogens is 495 g/mol. The number of anilines is 1. The third kappa shape index (κ3) is 5.54. The highest BCUT2D eigenvalue weighted by Crippen LogP contribution is 2.37. The molecular formula is C24H20F3N5O3S. The predicted octanol–water partition coefficient (Wildman–Crippen LogP) is 4.47. The topological polar surface area (TPSA) is 101 Å². The Kier molecular flexibility index (Phi) is 7.06. The van der Waals surface area contributed by atoms with Gasteiger partial charge in [-0.1, -0.05) is 18.2 Å². The first-order chi connectivity index (χ1) is 17.1. The molecule has 0 unspecified atom stereocenters. The number of hydrogen-bond acceptors (Lipinski definition) is 6. The number of pyridine rings is 1. The molecule has 186 valence electrons. The molecule has 4 rings (SSSR count). The summed E-state index contributed by atoms with van der Waals surface area (Å²) < 4.78 is 40.1. The Bertz CT molecular complexity index is 1430. The zero-order valence-corrected chi connectivity index (χ0v) is 19.6. The standard InChI is InChI=1S/C24H20F3N5O3S/c1-15-22(34)32(18-7-9-19(10-8-18)36-24(25,26)27)23(35)31(15)14-17-11-12-28-13-20(17)29-30-21(33)16-5-3-2-4-6-16/h2-13,29,34H,14H2,1H3,(H,30,33). The normalized spacial score (nSPS) is 11.3. The second-order valence-corrected chi connectivity index (χ2v) is 8.77. The average Bonchev–Trinajstić information content (AvgIpc) is 3.06. The molecule has 0 radical (unpaired) electrons. The highest BCUT2D eigenvalue weighted by Gasteiger charge is 2.29. The van der Waals surface area contributed by atoms with Crippen LogP contribution in [0.4, 0.5) is 18.9 Å². The van der Waals surface area contributed by atoms with Gasteiger partial charge in [0.25, 0.3) is 5.91 Å². The number of halogens is 3. The van der Waals surface area contributed by atoms with Crippen LogP contribution in [0.2, 0.25) is 0 Å². The Morgan fingerprint density at radius 2 is 1.78 bits per heavy atom. The number of amides is 1. The summed E-state index contributed by atoms with van der Waals surface area (Å²) in [6.07, 6.45) is 3.00. The summed E-state index contributed by atoms with van der Waals surface area (Å²) in [6, 6.07) is 15.3. The van der Waals surface area contributed by atoms with Gasteiger partial charge in [0.05, 0.1) is 29.8 Å². The highest BCUT2D eigenvalue weighted by atomic mass is 32.2. The lowest BCUT2D eigenvalue weighted by Crippen LogP contribution is -2.30. The molecule has 36 heavy (non-hydrogen) atoms. The van der Waals surface area contributed by atoms with Crippen LogP contribution >= 0.6 is 11.8 Å². The number of nitrogens with one attached hydrogen (secondary N) is 2. The predicted molar refractivity (Wildman–Crippen MR) is 129 cm³/mol. The van der Waals surface area contributed by atoms with Gasteiger partial charge in [0.1, 0.15) is 0 Å². The second kappa shape index (κ2) is 10.2. The first-order valence-corrected chi connectivity index (χ1v) is 11.4. The number of hydrogen-bond donors (Lipinski definition) is 3. The van der Waals surface area contributed by atoms with Crippen LogP contribution in [-0.4, -0.2) is 30.6 Å². The molecule has 3 N–H and O–H groups in total. The lowest BCUT2D eigenvalue weighted by Gasteiger charge is -2.13. The molecule has 2 aromatic heterocycles. The lowest BCUT2D eigenvalue weighted by atomic mass is 10.2. The minimum Gasteiger partial charge on any atom is -0.493 e. The van der Waals surface area contributed by atoms with E-state index in [2.05, 4.69) is 15.8 Å². The SMILES string of the molecule is Cc1c(O)n(-c2ccc(SC(F)(F)F)cc2)c(=O)n1Cc1ccncc1NNC(=O)c1ccccc1. The molecule has 0 saturated carbocycles. The van der Waals surface area contributed by atoms with Crippen molar-refractivity contribution >= 4 is 23.4 Å². The van der Waals surface area contributed by atoms with Gasteiger partial charge in [0, 0.05) is 22.2 Å². The summed E-state index contributed by atoms with van der Waals surface area (Å²) in [7, 11) is 0. The van der Waals surface area contributed by atoms with E-state index in [9.17, 15) is 27.9 Å². The molecule has 0 aliphatic heterocycles. The molecule has 0 atom stereocenters. The third-order valence-corrected chi connectivity index (χ3v) is 6.02. The Balaban J connectivity index is 1.57. The number of alkyl halides is 3. The van der Waals surface area contributed by atoms with Gasteiger partial charge < -0.3 is 5.11 Å². The van der Waals surface area contributed by atoms with Gasteiger partial charge in [0.15, 0.2) is 0 Å². The van der Waals surface area contributed by atoms with Gasteiger partial charge in [0.2, 0.25) is 5.88 Å². The van der Waals surface area contributed by atoms with Crippen molar-refractivity contribution in [3.8, 4) is 11.6 Å². The van der Waals surface area contributed by atoms with Crippen molar-refractivity contribution in [3.63, 3.8) is 0 Å². The number of aromatic hydroxyl groups is 1. The van der Waals surface area contributed by atoms with E-state index in [-0.39, 0.29) is 46.4 Å². The fraction of sp³-hybridized carbons (Fsp3) is 0.125. The van der Waals surface area contributed by atoms with E-state index in [1.165, 1.54) is 41.2 Å². The molecule has 0 fully saturated rings. The van der Waals surface area contributed by atoms with E-state index < -0.39 is 11.2 Å². The molecule has 1 amide bonds. The zero-order valence-electron chi connectivity index (χ0n) is 18.8.